The van der Waals surface area contributed by atoms with Gasteiger partial charge in [0.05, 0.1) is 18.8 Å². The van der Waals surface area contributed by atoms with Crippen molar-refractivity contribution in [1.29, 1.82) is 0 Å². The number of amides is 2. The third-order valence-corrected chi connectivity index (χ3v) is 4.65. The molecule has 0 aliphatic carbocycles. The topological polar surface area (TPSA) is 61.4 Å². The number of hydrogen-bond acceptors (Lipinski definition) is 4. The van der Waals surface area contributed by atoms with Crippen molar-refractivity contribution in [3.05, 3.63) is 59.9 Å². The van der Waals surface area contributed by atoms with Gasteiger partial charge >= 0.3 is 0 Å². The SMILES string of the molecule is CSc1ccccc1NC(=O)CN(C)CC(=O)NCCc1ccc(F)cc1. The summed E-state index contributed by atoms with van der Waals surface area (Å²) in [5.74, 6) is -0.599. The molecule has 2 rings (SSSR count). The summed E-state index contributed by atoms with van der Waals surface area (Å²) in [4.78, 5) is 26.8. The molecule has 0 saturated carbocycles. The first-order valence-electron chi connectivity index (χ1n) is 8.60. The van der Waals surface area contributed by atoms with Crippen LogP contribution in [0.2, 0.25) is 0 Å². The van der Waals surface area contributed by atoms with Gasteiger partial charge < -0.3 is 10.6 Å². The minimum absolute atomic E-state index is 0.119. The van der Waals surface area contributed by atoms with Gasteiger partial charge in [-0.3, -0.25) is 14.5 Å². The number of halogens is 1. The van der Waals surface area contributed by atoms with Crippen LogP contribution in [0.5, 0.6) is 0 Å². The average Bonchev–Trinajstić information content (AvgIpc) is 2.63. The molecule has 0 spiro atoms. The van der Waals surface area contributed by atoms with E-state index in [1.165, 1.54) is 12.1 Å². The zero-order chi connectivity index (χ0) is 19.6. The minimum atomic E-state index is -0.275. The Labute approximate surface area is 163 Å². The number of rotatable bonds is 9. The highest BCUT2D eigenvalue weighted by molar-refractivity contribution is 7.98. The van der Waals surface area contributed by atoms with Crippen molar-refractivity contribution in [3.8, 4) is 0 Å². The van der Waals surface area contributed by atoms with Crippen LogP contribution in [-0.4, -0.2) is 49.7 Å². The normalized spacial score (nSPS) is 10.7. The van der Waals surface area contributed by atoms with E-state index in [1.807, 2.05) is 30.5 Å². The molecule has 0 aromatic heterocycles. The molecule has 27 heavy (non-hydrogen) atoms. The Morgan fingerprint density at radius 3 is 2.41 bits per heavy atom. The second-order valence-corrected chi connectivity index (χ2v) is 7.00. The number of thioether (sulfide) groups is 1. The second kappa shape index (κ2) is 10.7. The van der Waals surface area contributed by atoms with Crippen molar-refractivity contribution in [2.45, 2.75) is 11.3 Å². The number of carbonyl (C=O) groups excluding carboxylic acids is 2. The van der Waals surface area contributed by atoms with Gasteiger partial charge in [0.1, 0.15) is 5.82 Å². The van der Waals surface area contributed by atoms with Crippen LogP contribution < -0.4 is 10.6 Å². The lowest BCUT2D eigenvalue weighted by molar-refractivity contribution is -0.122. The first kappa shape index (κ1) is 20.9. The van der Waals surface area contributed by atoms with E-state index in [0.717, 1.165) is 16.1 Å². The number of likely N-dealkylation sites (N-methyl/N-ethyl adjacent to an activating group) is 1. The van der Waals surface area contributed by atoms with E-state index in [1.54, 1.807) is 35.8 Å². The van der Waals surface area contributed by atoms with Gasteiger partial charge in [0, 0.05) is 11.4 Å². The lowest BCUT2D eigenvalue weighted by Crippen LogP contribution is -2.39. The molecule has 0 fully saturated rings. The van der Waals surface area contributed by atoms with E-state index in [2.05, 4.69) is 10.6 Å². The number of nitrogens with zero attached hydrogens (tertiary/aromatic N) is 1. The molecule has 5 nitrogen and oxygen atoms in total. The Balaban J connectivity index is 1.70. The molecule has 2 N–H and O–H groups in total. The standard InChI is InChI=1S/C20H24FN3O2S/c1-24(14-20(26)23-17-5-3-4-6-18(17)27-2)13-19(25)22-12-11-15-7-9-16(21)10-8-15/h3-10H,11-14H2,1-2H3,(H,22,25)(H,23,26). The molecule has 7 heteroatoms. The minimum Gasteiger partial charge on any atom is -0.355 e. The maximum Gasteiger partial charge on any atom is 0.238 e. The highest BCUT2D eigenvalue weighted by Crippen LogP contribution is 2.24. The molecule has 0 aliphatic heterocycles. The predicted molar refractivity (Wildman–Crippen MR) is 107 cm³/mol. The van der Waals surface area contributed by atoms with Crippen LogP contribution in [0, 0.1) is 5.82 Å². The van der Waals surface area contributed by atoms with Gasteiger partial charge in [-0.15, -0.1) is 11.8 Å². The molecule has 2 amide bonds. The zero-order valence-corrected chi connectivity index (χ0v) is 16.3. The van der Waals surface area contributed by atoms with Gasteiger partial charge in [-0.2, -0.15) is 0 Å². The van der Waals surface area contributed by atoms with Crippen LogP contribution in [0.25, 0.3) is 0 Å². The first-order chi connectivity index (χ1) is 13.0. The first-order valence-corrected chi connectivity index (χ1v) is 9.83. The van der Waals surface area contributed by atoms with Gasteiger partial charge in [0.15, 0.2) is 0 Å². The van der Waals surface area contributed by atoms with Gasteiger partial charge in [-0.05, 0) is 49.6 Å². The van der Waals surface area contributed by atoms with Crippen LogP contribution >= 0.6 is 11.8 Å². The van der Waals surface area contributed by atoms with Gasteiger partial charge in [-0.25, -0.2) is 4.39 Å². The van der Waals surface area contributed by atoms with Crippen molar-refractivity contribution in [2.75, 3.05) is 38.3 Å². The maximum atomic E-state index is 12.9. The summed E-state index contributed by atoms with van der Waals surface area (Å²) < 4.78 is 12.9. The van der Waals surface area contributed by atoms with Crippen molar-refractivity contribution in [3.63, 3.8) is 0 Å². The second-order valence-electron chi connectivity index (χ2n) is 6.15. The van der Waals surface area contributed by atoms with Crippen LogP contribution in [-0.2, 0) is 16.0 Å². The highest BCUT2D eigenvalue weighted by atomic mass is 32.2. The lowest BCUT2D eigenvalue weighted by atomic mass is 10.1. The molecule has 2 aromatic rings. The summed E-state index contributed by atoms with van der Waals surface area (Å²) >= 11 is 1.56. The quantitative estimate of drug-likeness (QED) is 0.648. The molecule has 0 radical (unpaired) electrons. The Bertz CT molecular complexity index is 768. The Hall–Kier alpha value is -2.38. The molecule has 0 saturated heterocycles. The van der Waals surface area contributed by atoms with Gasteiger partial charge in [0.25, 0.3) is 0 Å². The number of carbonyl (C=O) groups is 2. The Morgan fingerprint density at radius 2 is 1.70 bits per heavy atom. The van der Waals surface area contributed by atoms with Crippen molar-refractivity contribution >= 4 is 29.3 Å². The third-order valence-electron chi connectivity index (χ3n) is 3.86. The number of anilines is 1. The van der Waals surface area contributed by atoms with Gasteiger partial charge in [-0.1, -0.05) is 24.3 Å². The summed E-state index contributed by atoms with van der Waals surface area (Å²) in [7, 11) is 1.72. The fourth-order valence-corrected chi connectivity index (χ4v) is 3.09. The Kier molecular flexibility index (Phi) is 8.29. The van der Waals surface area contributed by atoms with E-state index < -0.39 is 0 Å². The smallest absolute Gasteiger partial charge is 0.238 e. The molecular formula is C20H24FN3O2S. The summed E-state index contributed by atoms with van der Waals surface area (Å²) in [6.45, 7) is 0.709. The van der Waals surface area contributed by atoms with E-state index in [4.69, 9.17) is 0 Å². The number of hydrogen-bond donors (Lipinski definition) is 2. The number of benzene rings is 2. The third kappa shape index (κ3) is 7.40. The largest absolute Gasteiger partial charge is 0.355 e. The van der Waals surface area contributed by atoms with E-state index in [9.17, 15) is 14.0 Å². The monoisotopic (exact) mass is 389 g/mol. The lowest BCUT2D eigenvalue weighted by Gasteiger charge is -2.16. The summed E-state index contributed by atoms with van der Waals surface area (Å²) in [5.41, 5.74) is 1.73. The maximum absolute atomic E-state index is 12.9. The van der Waals surface area contributed by atoms with Crippen LogP contribution in [0.4, 0.5) is 10.1 Å². The molecule has 0 bridgehead atoms. The van der Waals surface area contributed by atoms with Crippen molar-refractivity contribution in [1.82, 2.24) is 10.2 Å². The highest BCUT2D eigenvalue weighted by Gasteiger charge is 2.12. The molecule has 144 valence electrons. The molecule has 0 unspecified atom stereocenters. The van der Waals surface area contributed by atoms with E-state index in [0.29, 0.717) is 13.0 Å². The number of para-hydroxylation sites is 1. The molecule has 0 heterocycles. The van der Waals surface area contributed by atoms with Crippen molar-refractivity contribution < 1.29 is 14.0 Å². The molecular weight excluding hydrogens is 365 g/mol. The average molecular weight is 389 g/mol. The molecule has 2 aromatic carbocycles. The fraction of sp³-hybridized carbons (Fsp3) is 0.300. The van der Waals surface area contributed by atoms with Crippen LogP contribution in [0.3, 0.4) is 0 Å². The van der Waals surface area contributed by atoms with Crippen LogP contribution in [0.15, 0.2) is 53.4 Å². The van der Waals surface area contributed by atoms with E-state index >= 15 is 0 Å². The summed E-state index contributed by atoms with van der Waals surface area (Å²) in [6, 6.07) is 13.8. The predicted octanol–water partition coefficient (Wildman–Crippen LogP) is 2.78. The number of nitrogens with one attached hydrogen (secondary N) is 2. The van der Waals surface area contributed by atoms with Crippen molar-refractivity contribution in [2.24, 2.45) is 0 Å². The molecule has 0 atom stereocenters. The summed E-state index contributed by atoms with van der Waals surface area (Å²) in [5, 5.41) is 5.68. The zero-order valence-electron chi connectivity index (χ0n) is 15.5. The van der Waals surface area contributed by atoms with Gasteiger partial charge in [0.2, 0.25) is 11.8 Å². The fourth-order valence-electron chi connectivity index (χ4n) is 2.54. The Morgan fingerprint density at radius 1 is 1.04 bits per heavy atom. The molecule has 0 aliphatic rings. The van der Waals surface area contributed by atoms with Crippen LogP contribution in [0.1, 0.15) is 5.56 Å². The van der Waals surface area contributed by atoms with E-state index in [-0.39, 0.29) is 30.7 Å². The summed E-state index contributed by atoms with van der Waals surface area (Å²) in [6.07, 6.45) is 2.58.